The number of para-hydroxylation sites is 1. The molecule has 0 spiro atoms. The van der Waals surface area contributed by atoms with Crippen molar-refractivity contribution in [3.63, 3.8) is 0 Å². The fourth-order valence-corrected chi connectivity index (χ4v) is 3.54. The molecule has 1 aliphatic rings. The van der Waals surface area contributed by atoms with Gasteiger partial charge >= 0.3 is 0 Å². The normalized spacial score (nSPS) is 18.7. The third-order valence-electron chi connectivity index (χ3n) is 4.93. The molecule has 1 atom stereocenters. The Labute approximate surface area is 152 Å². The topological polar surface area (TPSA) is 55.6 Å². The molecule has 0 aliphatic carbocycles. The second kappa shape index (κ2) is 6.32. The number of fused-ring (bicyclic) bond motifs is 1. The van der Waals surface area contributed by atoms with Gasteiger partial charge in [0.2, 0.25) is 0 Å². The van der Waals surface area contributed by atoms with Crippen molar-refractivity contribution < 1.29 is 9.53 Å². The van der Waals surface area contributed by atoms with Gasteiger partial charge in [-0.05, 0) is 29.3 Å². The summed E-state index contributed by atoms with van der Waals surface area (Å²) in [5.74, 6) is 0.616. The van der Waals surface area contributed by atoms with Crippen molar-refractivity contribution in [2.45, 2.75) is 12.1 Å². The van der Waals surface area contributed by atoms with Crippen molar-refractivity contribution >= 4 is 11.6 Å². The van der Waals surface area contributed by atoms with Crippen molar-refractivity contribution in [1.29, 1.82) is 0 Å². The van der Waals surface area contributed by atoms with Gasteiger partial charge in [0, 0.05) is 5.56 Å². The smallest absolute Gasteiger partial charge is 0.256 e. The second-order valence-electron chi connectivity index (χ2n) is 6.43. The van der Waals surface area contributed by atoms with Crippen LogP contribution in [0.25, 0.3) is 0 Å². The van der Waals surface area contributed by atoms with Gasteiger partial charge in [-0.3, -0.25) is 4.79 Å². The van der Waals surface area contributed by atoms with Crippen LogP contribution in [0.15, 0.2) is 78.9 Å². The van der Waals surface area contributed by atoms with Crippen LogP contribution in [-0.2, 0) is 16.9 Å². The molecule has 1 heterocycles. The first-order chi connectivity index (χ1) is 12.6. The molecule has 0 saturated carbocycles. The van der Waals surface area contributed by atoms with E-state index in [1.54, 1.807) is 12.0 Å². The quantitative estimate of drug-likeness (QED) is 0.789. The lowest BCUT2D eigenvalue weighted by Crippen LogP contribution is -2.47. The molecular formula is C22H20N2O2. The van der Waals surface area contributed by atoms with Gasteiger partial charge in [-0.15, -0.1) is 0 Å². The zero-order valence-electron chi connectivity index (χ0n) is 14.6. The van der Waals surface area contributed by atoms with Crippen molar-refractivity contribution in [1.82, 2.24) is 0 Å². The Morgan fingerprint density at radius 2 is 1.58 bits per heavy atom. The molecule has 0 aromatic heterocycles. The molecule has 4 rings (SSSR count). The number of carbonyl (C=O) groups is 1. The lowest BCUT2D eigenvalue weighted by molar-refractivity contribution is -0.121. The van der Waals surface area contributed by atoms with Crippen LogP contribution in [0.1, 0.15) is 16.7 Å². The highest BCUT2D eigenvalue weighted by molar-refractivity contribution is 6.09. The second-order valence-corrected chi connectivity index (χ2v) is 6.43. The van der Waals surface area contributed by atoms with Crippen LogP contribution in [0.2, 0.25) is 0 Å². The number of hydrogen-bond donors (Lipinski definition) is 1. The van der Waals surface area contributed by atoms with Crippen LogP contribution >= 0.6 is 0 Å². The van der Waals surface area contributed by atoms with E-state index in [4.69, 9.17) is 10.5 Å². The van der Waals surface area contributed by atoms with Crippen LogP contribution in [0.5, 0.6) is 5.75 Å². The molecular weight excluding hydrogens is 324 g/mol. The fourth-order valence-electron chi connectivity index (χ4n) is 3.54. The van der Waals surface area contributed by atoms with Gasteiger partial charge in [-0.25, -0.2) is 0 Å². The average Bonchev–Trinajstić information content (AvgIpc) is 2.92. The molecule has 130 valence electrons. The first-order valence-corrected chi connectivity index (χ1v) is 8.53. The molecule has 0 fully saturated rings. The Morgan fingerprint density at radius 3 is 2.27 bits per heavy atom. The molecule has 4 heteroatoms. The summed E-state index contributed by atoms with van der Waals surface area (Å²) < 4.78 is 5.23. The number of methoxy groups -OCH3 is 1. The van der Waals surface area contributed by atoms with E-state index in [1.807, 2.05) is 78.9 Å². The molecule has 0 radical (unpaired) electrons. The maximum atomic E-state index is 13.4. The standard InChI is InChI=1S/C22H20N2O2/c1-26-18-13-11-17(12-14-18)22(23)19-9-5-6-10-20(19)24(21(22)25)15-16-7-3-2-4-8-16/h2-14H,15,23H2,1H3/t22-/m0/s1. The minimum atomic E-state index is -1.20. The van der Waals surface area contributed by atoms with Gasteiger partial charge in [0.1, 0.15) is 11.3 Å². The fraction of sp³-hybridized carbons (Fsp3) is 0.136. The average molecular weight is 344 g/mol. The highest BCUT2D eigenvalue weighted by atomic mass is 16.5. The Morgan fingerprint density at radius 1 is 0.923 bits per heavy atom. The number of anilines is 1. The molecule has 4 nitrogen and oxygen atoms in total. The SMILES string of the molecule is COc1ccc([C@@]2(N)C(=O)N(Cc3ccccc3)c3ccccc32)cc1. The van der Waals surface area contributed by atoms with Crippen molar-refractivity contribution in [3.05, 3.63) is 95.6 Å². The predicted octanol–water partition coefficient (Wildman–Crippen LogP) is 3.44. The summed E-state index contributed by atoms with van der Waals surface area (Å²) in [6.07, 6.45) is 0. The molecule has 1 aliphatic heterocycles. The number of nitrogens with two attached hydrogens (primary N) is 1. The highest BCUT2D eigenvalue weighted by Gasteiger charge is 2.49. The van der Waals surface area contributed by atoms with Crippen molar-refractivity contribution in [2.75, 3.05) is 12.0 Å². The van der Waals surface area contributed by atoms with E-state index in [9.17, 15) is 4.79 Å². The van der Waals surface area contributed by atoms with Crippen LogP contribution in [-0.4, -0.2) is 13.0 Å². The van der Waals surface area contributed by atoms with E-state index in [2.05, 4.69) is 0 Å². The number of hydrogen-bond acceptors (Lipinski definition) is 3. The van der Waals surface area contributed by atoms with Crippen LogP contribution in [0.3, 0.4) is 0 Å². The van der Waals surface area contributed by atoms with Gasteiger partial charge < -0.3 is 15.4 Å². The number of rotatable bonds is 4. The lowest BCUT2D eigenvalue weighted by atomic mass is 9.85. The van der Waals surface area contributed by atoms with Crippen LogP contribution in [0, 0.1) is 0 Å². The molecule has 2 N–H and O–H groups in total. The minimum Gasteiger partial charge on any atom is -0.497 e. The van der Waals surface area contributed by atoms with Gasteiger partial charge in [0.25, 0.3) is 5.91 Å². The van der Waals surface area contributed by atoms with Crippen LogP contribution < -0.4 is 15.4 Å². The summed E-state index contributed by atoms with van der Waals surface area (Å²) in [6.45, 7) is 0.492. The summed E-state index contributed by atoms with van der Waals surface area (Å²) in [4.78, 5) is 15.2. The van der Waals surface area contributed by atoms with E-state index in [0.717, 1.165) is 28.1 Å². The summed E-state index contributed by atoms with van der Waals surface area (Å²) in [5, 5.41) is 0. The molecule has 0 saturated heterocycles. The molecule has 0 bridgehead atoms. The van der Waals surface area contributed by atoms with Crippen molar-refractivity contribution in [3.8, 4) is 5.75 Å². The number of ether oxygens (including phenoxy) is 1. The molecule has 26 heavy (non-hydrogen) atoms. The zero-order chi connectivity index (χ0) is 18.1. The third-order valence-corrected chi connectivity index (χ3v) is 4.93. The van der Waals surface area contributed by atoms with Gasteiger partial charge in [0.05, 0.1) is 19.3 Å². The van der Waals surface area contributed by atoms with Crippen molar-refractivity contribution in [2.24, 2.45) is 5.73 Å². The summed E-state index contributed by atoms with van der Waals surface area (Å²) >= 11 is 0. The van der Waals surface area contributed by atoms with E-state index < -0.39 is 5.54 Å². The van der Waals surface area contributed by atoms with E-state index >= 15 is 0 Å². The third kappa shape index (κ3) is 2.47. The number of benzene rings is 3. The Balaban J connectivity index is 1.79. The van der Waals surface area contributed by atoms with Gasteiger partial charge in [-0.1, -0.05) is 60.7 Å². The minimum absolute atomic E-state index is 0.118. The summed E-state index contributed by atoms with van der Waals surface area (Å²) in [6, 6.07) is 25.1. The Kier molecular flexibility index (Phi) is 3.98. The molecule has 3 aromatic carbocycles. The van der Waals surface area contributed by atoms with E-state index in [0.29, 0.717) is 6.54 Å². The number of amides is 1. The van der Waals surface area contributed by atoms with Gasteiger partial charge in [-0.2, -0.15) is 0 Å². The Bertz CT molecular complexity index is 938. The van der Waals surface area contributed by atoms with Gasteiger partial charge in [0.15, 0.2) is 0 Å². The monoisotopic (exact) mass is 344 g/mol. The number of nitrogens with zero attached hydrogens (tertiary/aromatic N) is 1. The molecule has 0 unspecified atom stereocenters. The maximum absolute atomic E-state index is 13.4. The van der Waals surface area contributed by atoms with E-state index in [1.165, 1.54) is 0 Å². The zero-order valence-corrected chi connectivity index (χ0v) is 14.6. The summed E-state index contributed by atoms with van der Waals surface area (Å²) in [5.41, 5.74) is 9.05. The summed E-state index contributed by atoms with van der Waals surface area (Å²) in [7, 11) is 1.62. The predicted molar refractivity (Wildman–Crippen MR) is 102 cm³/mol. The Hall–Kier alpha value is -3.11. The maximum Gasteiger partial charge on any atom is 0.256 e. The first-order valence-electron chi connectivity index (χ1n) is 8.53. The van der Waals surface area contributed by atoms with E-state index in [-0.39, 0.29) is 5.91 Å². The number of carbonyl (C=O) groups excluding carboxylic acids is 1. The van der Waals surface area contributed by atoms with Crippen LogP contribution in [0.4, 0.5) is 5.69 Å². The first kappa shape index (κ1) is 16.4. The molecule has 1 amide bonds. The highest BCUT2D eigenvalue weighted by Crippen LogP contribution is 2.43. The largest absolute Gasteiger partial charge is 0.497 e. The molecule has 3 aromatic rings. The lowest BCUT2D eigenvalue weighted by Gasteiger charge is -2.25.